The summed E-state index contributed by atoms with van der Waals surface area (Å²) in [6.45, 7) is 0. The van der Waals surface area contributed by atoms with Crippen molar-refractivity contribution in [2.24, 2.45) is 12.5 Å². The van der Waals surface area contributed by atoms with Crippen molar-refractivity contribution < 1.29 is 21.6 Å². The number of sulfonamides is 1. The lowest BCUT2D eigenvalue weighted by molar-refractivity contribution is -0.241. The molecule has 0 saturated heterocycles. The van der Waals surface area contributed by atoms with Crippen LogP contribution in [0.4, 0.5) is 18.9 Å². The van der Waals surface area contributed by atoms with Crippen molar-refractivity contribution in [3.8, 4) is 0 Å². The minimum absolute atomic E-state index is 0.128. The van der Waals surface area contributed by atoms with Crippen LogP contribution in [0.15, 0.2) is 12.4 Å². The highest BCUT2D eigenvalue weighted by Crippen LogP contribution is 2.54. The maximum absolute atomic E-state index is 13.1. The Bertz CT molecular complexity index is 590. The van der Waals surface area contributed by atoms with E-state index in [1.807, 2.05) is 0 Å². The summed E-state index contributed by atoms with van der Waals surface area (Å²) in [7, 11) is -1.19. The van der Waals surface area contributed by atoms with E-state index >= 15 is 0 Å². The van der Waals surface area contributed by atoms with E-state index in [4.69, 9.17) is 0 Å². The van der Waals surface area contributed by atoms with E-state index in [9.17, 15) is 21.6 Å². The summed E-state index contributed by atoms with van der Waals surface area (Å²) in [6.07, 6.45) is -1.59. The van der Waals surface area contributed by atoms with Crippen molar-refractivity contribution in [1.82, 2.24) is 9.78 Å². The first kappa shape index (κ1) is 15.1. The number of rotatable bonds is 4. The molecule has 0 spiro atoms. The van der Waals surface area contributed by atoms with Crippen LogP contribution in [0.2, 0.25) is 0 Å². The molecule has 0 unspecified atom stereocenters. The van der Waals surface area contributed by atoms with Crippen LogP contribution in [0.25, 0.3) is 0 Å². The van der Waals surface area contributed by atoms with Crippen LogP contribution >= 0.6 is 0 Å². The molecule has 20 heavy (non-hydrogen) atoms. The van der Waals surface area contributed by atoms with Crippen molar-refractivity contribution in [1.29, 1.82) is 0 Å². The quantitative estimate of drug-likeness (QED) is 0.853. The summed E-state index contributed by atoms with van der Waals surface area (Å²) in [5.74, 6) is -0.908. The monoisotopic (exact) mass is 311 g/mol. The van der Waals surface area contributed by atoms with E-state index in [0.29, 0.717) is 6.42 Å². The van der Waals surface area contributed by atoms with Crippen LogP contribution < -0.4 is 4.31 Å². The molecular formula is C11H16F3N3O2S. The number of hydrogen-bond donors (Lipinski definition) is 0. The van der Waals surface area contributed by atoms with Gasteiger partial charge in [-0.15, -0.1) is 0 Å². The maximum atomic E-state index is 13.1. The Morgan fingerprint density at radius 3 is 2.40 bits per heavy atom. The van der Waals surface area contributed by atoms with Gasteiger partial charge in [-0.1, -0.05) is 6.42 Å². The molecule has 0 aliphatic heterocycles. The molecule has 1 aliphatic rings. The highest BCUT2D eigenvalue weighted by Gasteiger charge is 2.60. The van der Waals surface area contributed by atoms with Gasteiger partial charge in [-0.2, -0.15) is 18.3 Å². The lowest BCUT2D eigenvalue weighted by atomic mass is 9.70. The second-order valence-corrected chi connectivity index (χ2v) is 7.23. The normalized spacial score (nSPS) is 18.6. The van der Waals surface area contributed by atoms with Crippen LogP contribution in [0.1, 0.15) is 19.3 Å². The fourth-order valence-corrected chi connectivity index (χ4v) is 4.05. The zero-order valence-corrected chi connectivity index (χ0v) is 12.0. The van der Waals surface area contributed by atoms with Gasteiger partial charge < -0.3 is 0 Å². The smallest absolute Gasteiger partial charge is 0.274 e. The van der Waals surface area contributed by atoms with Gasteiger partial charge in [0.1, 0.15) is 0 Å². The molecule has 0 radical (unpaired) electrons. The first-order chi connectivity index (χ1) is 9.07. The summed E-state index contributed by atoms with van der Waals surface area (Å²) in [6, 6.07) is 0. The Morgan fingerprint density at radius 1 is 1.45 bits per heavy atom. The molecule has 5 nitrogen and oxygen atoms in total. The molecule has 1 aromatic rings. The molecular weight excluding hydrogens is 295 g/mol. The minimum atomic E-state index is -4.49. The molecule has 2 rings (SSSR count). The average Bonchev–Trinajstić information content (AvgIpc) is 2.67. The molecule has 0 N–H and O–H groups in total. The van der Waals surface area contributed by atoms with Gasteiger partial charge in [-0.3, -0.25) is 8.99 Å². The Balaban J connectivity index is 2.23. The zero-order chi connectivity index (χ0) is 15.2. The average molecular weight is 311 g/mol. The molecule has 114 valence electrons. The highest BCUT2D eigenvalue weighted by molar-refractivity contribution is 7.92. The fourth-order valence-electron chi connectivity index (χ4n) is 2.29. The maximum Gasteiger partial charge on any atom is 0.395 e. The van der Waals surface area contributed by atoms with Gasteiger partial charge in [0.05, 0.1) is 23.1 Å². The van der Waals surface area contributed by atoms with Gasteiger partial charge in [-0.25, -0.2) is 8.42 Å². The summed E-state index contributed by atoms with van der Waals surface area (Å²) in [5, 5.41) is 3.82. The van der Waals surface area contributed by atoms with Gasteiger partial charge in [0, 0.05) is 20.3 Å². The van der Waals surface area contributed by atoms with Crippen LogP contribution in [0.5, 0.6) is 0 Å². The van der Waals surface area contributed by atoms with Gasteiger partial charge in [-0.05, 0) is 12.8 Å². The first-order valence-corrected chi connectivity index (χ1v) is 7.70. The summed E-state index contributed by atoms with van der Waals surface area (Å²) >= 11 is 0. The lowest BCUT2D eigenvalue weighted by Crippen LogP contribution is -2.51. The Labute approximate surface area is 115 Å². The molecule has 0 amide bonds. The second-order valence-electron chi connectivity index (χ2n) is 5.23. The van der Waals surface area contributed by atoms with E-state index in [2.05, 4.69) is 5.10 Å². The summed E-state index contributed by atoms with van der Waals surface area (Å²) < 4.78 is 65.8. The molecule has 1 aromatic heterocycles. The van der Waals surface area contributed by atoms with E-state index in [-0.39, 0.29) is 18.5 Å². The summed E-state index contributed by atoms with van der Waals surface area (Å²) in [4.78, 5) is 0. The number of alkyl halides is 3. The van der Waals surface area contributed by atoms with Crippen molar-refractivity contribution in [2.75, 3.05) is 17.1 Å². The third-order valence-electron chi connectivity index (χ3n) is 3.84. The largest absolute Gasteiger partial charge is 0.395 e. The Hall–Kier alpha value is -1.25. The van der Waals surface area contributed by atoms with Gasteiger partial charge in [0.2, 0.25) is 10.0 Å². The lowest BCUT2D eigenvalue weighted by Gasteiger charge is -2.43. The molecule has 0 aromatic carbocycles. The fraction of sp³-hybridized carbons (Fsp3) is 0.727. The molecule has 0 bridgehead atoms. The third kappa shape index (κ3) is 2.50. The van der Waals surface area contributed by atoms with E-state index in [1.54, 1.807) is 7.05 Å². The van der Waals surface area contributed by atoms with Gasteiger partial charge >= 0.3 is 6.18 Å². The number of hydrogen-bond acceptors (Lipinski definition) is 3. The molecule has 0 atom stereocenters. The van der Waals surface area contributed by atoms with Crippen molar-refractivity contribution in [3.63, 3.8) is 0 Å². The van der Waals surface area contributed by atoms with Gasteiger partial charge in [0.15, 0.2) is 0 Å². The molecule has 1 saturated carbocycles. The van der Waals surface area contributed by atoms with E-state index in [1.165, 1.54) is 24.1 Å². The van der Waals surface area contributed by atoms with Crippen LogP contribution in [-0.2, 0) is 17.1 Å². The first-order valence-electron chi connectivity index (χ1n) is 6.09. The van der Waals surface area contributed by atoms with E-state index < -0.39 is 27.4 Å². The topological polar surface area (TPSA) is 55.2 Å². The number of halogens is 3. The molecule has 1 fully saturated rings. The van der Waals surface area contributed by atoms with Crippen molar-refractivity contribution >= 4 is 15.7 Å². The van der Waals surface area contributed by atoms with Crippen LogP contribution in [0, 0.1) is 5.41 Å². The highest BCUT2D eigenvalue weighted by atomic mass is 32.2. The Morgan fingerprint density at radius 2 is 2.05 bits per heavy atom. The Kier molecular flexibility index (Phi) is 3.52. The zero-order valence-electron chi connectivity index (χ0n) is 11.2. The third-order valence-corrected chi connectivity index (χ3v) is 5.81. The van der Waals surface area contributed by atoms with E-state index in [0.717, 1.165) is 4.31 Å². The van der Waals surface area contributed by atoms with Crippen molar-refractivity contribution in [2.45, 2.75) is 25.4 Å². The number of aromatic nitrogens is 2. The minimum Gasteiger partial charge on any atom is -0.274 e. The van der Waals surface area contributed by atoms with Gasteiger partial charge in [0.25, 0.3) is 0 Å². The second kappa shape index (κ2) is 4.64. The standard InChI is InChI=1S/C11H16F3N3O2S/c1-16-7-9(6-15-16)17(2)20(18,19)8-10(4-3-5-10)11(12,13)14/h6-7H,3-5,8H2,1-2H3. The van der Waals surface area contributed by atoms with Crippen molar-refractivity contribution in [3.05, 3.63) is 12.4 Å². The molecule has 9 heteroatoms. The number of nitrogens with zero attached hydrogens (tertiary/aromatic N) is 3. The summed E-state index contributed by atoms with van der Waals surface area (Å²) in [5.41, 5.74) is -1.84. The SMILES string of the molecule is CN(c1cnn(C)c1)S(=O)(=O)CC1(C(F)(F)F)CCC1. The van der Waals surface area contributed by atoms with Crippen LogP contribution in [0.3, 0.4) is 0 Å². The number of aryl methyl sites for hydroxylation is 1. The predicted octanol–water partition coefficient (Wildman–Crippen LogP) is 1.92. The number of anilines is 1. The van der Waals surface area contributed by atoms with Crippen LogP contribution in [-0.4, -0.2) is 37.2 Å². The molecule has 1 aliphatic carbocycles. The molecule has 1 heterocycles. The predicted molar refractivity (Wildman–Crippen MR) is 67.7 cm³/mol.